The molecule has 2 aliphatic rings. The number of nitrogens with one attached hydrogen (secondary N) is 1. The van der Waals surface area contributed by atoms with Gasteiger partial charge in [-0.25, -0.2) is 8.42 Å². The second-order valence-electron chi connectivity index (χ2n) is 8.57. The van der Waals surface area contributed by atoms with E-state index in [1.54, 1.807) is 24.5 Å². The Hall–Kier alpha value is -2.11. The molecule has 174 valence electrons. The average Bonchev–Trinajstić information content (AvgIpc) is 3.24. The normalized spacial score (nSPS) is 21.2. The number of nitrogens with zero attached hydrogens (tertiary/aromatic N) is 4. The van der Waals surface area contributed by atoms with Crippen LogP contribution in [0, 0.1) is 6.92 Å². The molecule has 2 fully saturated rings. The lowest BCUT2D eigenvalue weighted by molar-refractivity contribution is -0.123. The molecular formula is C22H31N5O4S. The monoisotopic (exact) mass is 461 g/mol. The molecule has 2 N–H and O–H groups in total. The number of piperazine rings is 1. The lowest BCUT2D eigenvalue weighted by Crippen LogP contribution is -2.51. The number of hydrogen-bond acceptors (Lipinski definition) is 7. The quantitative estimate of drug-likeness (QED) is 0.599. The van der Waals surface area contributed by atoms with Crippen molar-refractivity contribution in [2.24, 2.45) is 0 Å². The summed E-state index contributed by atoms with van der Waals surface area (Å²) >= 11 is 0. The summed E-state index contributed by atoms with van der Waals surface area (Å²) in [6.45, 7) is 6.90. The maximum absolute atomic E-state index is 13.4. The van der Waals surface area contributed by atoms with Crippen LogP contribution in [-0.2, 0) is 14.8 Å². The Balaban J connectivity index is 1.36. The van der Waals surface area contributed by atoms with Gasteiger partial charge >= 0.3 is 0 Å². The zero-order chi connectivity index (χ0) is 22.7. The van der Waals surface area contributed by atoms with Gasteiger partial charge in [-0.3, -0.25) is 19.6 Å². The number of amides is 1. The van der Waals surface area contributed by atoms with E-state index in [1.165, 1.54) is 4.31 Å². The number of pyridine rings is 1. The minimum Gasteiger partial charge on any atom is -0.395 e. The standard InChI is InChI=1S/C22H31N5O4S/c1-17-13-23-14-18-3-2-4-20(22(17)18)32(30,31)27-6-5-19(15-27)24-21(29)16-26-9-7-25(8-10-26)11-12-28/h2-4,13-14,19,28H,5-12,15-16H2,1H3,(H,24,29)/t19-/m0/s1. The first-order valence-corrected chi connectivity index (χ1v) is 12.5. The summed E-state index contributed by atoms with van der Waals surface area (Å²) in [5.74, 6) is -0.0723. The molecule has 1 atom stereocenters. The predicted molar refractivity (Wildman–Crippen MR) is 122 cm³/mol. The molecule has 0 saturated carbocycles. The van der Waals surface area contributed by atoms with E-state index < -0.39 is 10.0 Å². The van der Waals surface area contributed by atoms with Crippen molar-refractivity contribution in [3.8, 4) is 0 Å². The number of aryl methyl sites for hydroxylation is 1. The van der Waals surface area contributed by atoms with E-state index in [0.717, 1.165) is 37.1 Å². The summed E-state index contributed by atoms with van der Waals surface area (Å²) in [5, 5.41) is 13.6. The maximum atomic E-state index is 13.4. The number of aliphatic hydroxyl groups excluding tert-OH is 1. The molecular weight excluding hydrogens is 430 g/mol. The first-order valence-electron chi connectivity index (χ1n) is 11.1. The number of sulfonamides is 1. The average molecular weight is 462 g/mol. The Morgan fingerprint density at radius 3 is 2.66 bits per heavy atom. The third-order valence-corrected chi connectivity index (χ3v) is 8.22. The van der Waals surface area contributed by atoms with Gasteiger partial charge in [0.15, 0.2) is 0 Å². The molecule has 0 aliphatic carbocycles. The number of β-amino-alcohol motifs (C(OH)–C–C–N with tert-alkyl or cyclic N) is 1. The van der Waals surface area contributed by atoms with Crippen LogP contribution < -0.4 is 5.32 Å². The van der Waals surface area contributed by atoms with Gasteiger partial charge in [-0.1, -0.05) is 12.1 Å². The molecule has 0 bridgehead atoms. The number of benzene rings is 1. The van der Waals surface area contributed by atoms with E-state index in [9.17, 15) is 13.2 Å². The van der Waals surface area contributed by atoms with Gasteiger partial charge in [0.25, 0.3) is 0 Å². The fraction of sp³-hybridized carbons (Fsp3) is 0.545. The highest BCUT2D eigenvalue weighted by Gasteiger charge is 2.34. The highest BCUT2D eigenvalue weighted by atomic mass is 32.2. The molecule has 2 aliphatic heterocycles. The Kier molecular flexibility index (Phi) is 7.06. The van der Waals surface area contributed by atoms with E-state index in [0.29, 0.717) is 36.3 Å². The Morgan fingerprint density at radius 2 is 1.91 bits per heavy atom. The van der Waals surface area contributed by atoms with Crippen LogP contribution in [0.25, 0.3) is 10.8 Å². The van der Waals surface area contributed by atoms with Crippen molar-refractivity contribution in [1.82, 2.24) is 24.4 Å². The molecule has 0 unspecified atom stereocenters. The van der Waals surface area contributed by atoms with Crippen LogP contribution in [-0.4, -0.2) is 104 Å². The van der Waals surface area contributed by atoms with Gasteiger partial charge in [0.05, 0.1) is 18.0 Å². The summed E-state index contributed by atoms with van der Waals surface area (Å²) < 4.78 is 28.3. The van der Waals surface area contributed by atoms with Crippen LogP contribution >= 0.6 is 0 Å². The second kappa shape index (κ2) is 9.80. The van der Waals surface area contributed by atoms with E-state index in [-0.39, 0.29) is 25.1 Å². The molecule has 32 heavy (non-hydrogen) atoms. The molecule has 1 amide bonds. The number of rotatable bonds is 7. The largest absolute Gasteiger partial charge is 0.395 e. The van der Waals surface area contributed by atoms with Gasteiger partial charge in [0.1, 0.15) is 0 Å². The van der Waals surface area contributed by atoms with Crippen molar-refractivity contribution in [2.75, 3.05) is 59.0 Å². The van der Waals surface area contributed by atoms with Crippen molar-refractivity contribution < 1.29 is 18.3 Å². The van der Waals surface area contributed by atoms with Gasteiger partial charge in [-0.2, -0.15) is 4.31 Å². The van der Waals surface area contributed by atoms with Crippen molar-refractivity contribution in [2.45, 2.75) is 24.3 Å². The Labute approximate surface area is 189 Å². The van der Waals surface area contributed by atoms with Gasteiger partial charge in [-0.05, 0) is 25.0 Å². The molecule has 2 aromatic rings. The summed E-state index contributed by atoms with van der Waals surface area (Å²) in [6, 6.07) is 5.06. The smallest absolute Gasteiger partial charge is 0.243 e. The molecule has 10 heteroatoms. The number of aromatic nitrogens is 1. The molecule has 1 aromatic carbocycles. The van der Waals surface area contributed by atoms with Crippen LogP contribution in [0.2, 0.25) is 0 Å². The zero-order valence-electron chi connectivity index (χ0n) is 18.4. The Morgan fingerprint density at radius 1 is 1.16 bits per heavy atom. The third-order valence-electron chi connectivity index (χ3n) is 6.32. The highest BCUT2D eigenvalue weighted by molar-refractivity contribution is 7.89. The number of carbonyl (C=O) groups excluding carboxylic acids is 1. The van der Waals surface area contributed by atoms with Crippen LogP contribution in [0.1, 0.15) is 12.0 Å². The van der Waals surface area contributed by atoms with Gasteiger partial charge in [-0.15, -0.1) is 0 Å². The van der Waals surface area contributed by atoms with Crippen molar-refractivity contribution in [1.29, 1.82) is 0 Å². The van der Waals surface area contributed by atoms with E-state index in [2.05, 4.69) is 20.1 Å². The minimum atomic E-state index is -3.68. The zero-order valence-corrected chi connectivity index (χ0v) is 19.2. The van der Waals surface area contributed by atoms with Crippen molar-refractivity contribution in [3.63, 3.8) is 0 Å². The summed E-state index contributed by atoms with van der Waals surface area (Å²) in [7, 11) is -3.68. The summed E-state index contributed by atoms with van der Waals surface area (Å²) in [5.41, 5.74) is 0.824. The fourth-order valence-electron chi connectivity index (χ4n) is 4.58. The molecule has 0 spiro atoms. The van der Waals surface area contributed by atoms with Crippen molar-refractivity contribution >= 4 is 26.7 Å². The minimum absolute atomic E-state index is 0.0723. The SMILES string of the molecule is Cc1cncc2cccc(S(=O)(=O)N3CC[C@H](NC(=O)CN4CCN(CCO)CC4)C3)c12. The topological polar surface area (TPSA) is 106 Å². The molecule has 0 radical (unpaired) electrons. The number of fused-ring (bicyclic) bond motifs is 1. The molecule has 9 nitrogen and oxygen atoms in total. The summed E-state index contributed by atoms with van der Waals surface area (Å²) in [4.78, 5) is 21.3. The van der Waals surface area contributed by atoms with Crippen LogP contribution in [0.15, 0.2) is 35.5 Å². The molecule has 4 rings (SSSR count). The van der Waals surface area contributed by atoms with E-state index in [1.807, 2.05) is 13.0 Å². The number of carbonyl (C=O) groups is 1. The molecule has 2 saturated heterocycles. The number of hydrogen-bond donors (Lipinski definition) is 2. The summed E-state index contributed by atoms with van der Waals surface area (Å²) in [6.07, 6.45) is 3.95. The Bertz CT molecular complexity index is 1060. The van der Waals surface area contributed by atoms with Gasteiger partial charge in [0.2, 0.25) is 15.9 Å². The van der Waals surface area contributed by atoms with E-state index >= 15 is 0 Å². The first-order chi connectivity index (χ1) is 15.4. The molecule has 3 heterocycles. The van der Waals surface area contributed by atoms with E-state index in [4.69, 9.17) is 5.11 Å². The highest BCUT2D eigenvalue weighted by Crippen LogP contribution is 2.29. The lowest BCUT2D eigenvalue weighted by Gasteiger charge is -2.34. The third kappa shape index (κ3) is 4.94. The lowest BCUT2D eigenvalue weighted by atomic mass is 10.1. The van der Waals surface area contributed by atoms with Crippen molar-refractivity contribution in [3.05, 3.63) is 36.2 Å². The first kappa shape index (κ1) is 23.1. The van der Waals surface area contributed by atoms with Crippen LogP contribution in [0.5, 0.6) is 0 Å². The van der Waals surface area contributed by atoms with Gasteiger partial charge in [0, 0.05) is 75.0 Å². The fourth-order valence-corrected chi connectivity index (χ4v) is 6.37. The maximum Gasteiger partial charge on any atom is 0.243 e. The second-order valence-corrected chi connectivity index (χ2v) is 10.5. The van der Waals surface area contributed by atoms with Crippen LogP contribution in [0.4, 0.5) is 0 Å². The predicted octanol–water partition coefficient (Wildman–Crippen LogP) is 0.0323. The molecule has 1 aromatic heterocycles. The van der Waals surface area contributed by atoms with Gasteiger partial charge < -0.3 is 10.4 Å². The van der Waals surface area contributed by atoms with Crippen LogP contribution in [0.3, 0.4) is 0 Å². The number of aliphatic hydroxyl groups is 1.